The summed E-state index contributed by atoms with van der Waals surface area (Å²) in [4.78, 5) is 12.8. The lowest BCUT2D eigenvalue weighted by molar-refractivity contribution is -0.153. The number of alkyl halides is 3. The van der Waals surface area contributed by atoms with Crippen LogP contribution in [0.3, 0.4) is 0 Å². The number of carbonyl (C=O) groups is 1. The van der Waals surface area contributed by atoms with Gasteiger partial charge in [0.05, 0.1) is 11.7 Å². The maximum absolute atomic E-state index is 12.8. The van der Waals surface area contributed by atoms with E-state index in [0.717, 1.165) is 12.8 Å². The highest BCUT2D eigenvalue weighted by Gasteiger charge is 2.49. The van der Waals surface area contributed by atoms with Crippen LogP contribution in [0.4, 0.5) is 13.2 Å². The maximum Gasteiger partial charge on any atom is 0.422 e. The molecule has 1 heterocycles. The summed E-state index contributed by atoms with van der Waals surface area (Å²) in [5.41, 5.74) is 0.977. The number of hydrogen-bond acceptors (Lipinski definition) is 4. The lowest BCUT2D eigenvalue weighted by atomic mass is 9.78. The molecule has 0 aromatic heterocycles. The average molecular weight is 413 g/mol. The topological polar surface area (TPSA) is 67.8 Å². The van der Waals surface area contributed by atoms with Crippen molar-refractivity contribution in [2.75, 3.05) is 13.2 Å². The van der Waals surface area contributed by atoms with Gasteiger partial charge in [0.2, 0.25) is 0 Å². The molecule has 3 rings (SSSR count). The van der Waals surface area contributed by atoms with Crippen LogP contribution in [0.15, 0.2) is 17.9 Å². The van der Waals surface area contributed by atoms with Gasteiger partial charge in [-0.1, -0.05) is 0 Å². The Morgan fingerprint density at radius 1 is 1.28 bits per heavy atom. The van der Waals surface area contributed by atoms with Crippen LogP contribution < -0.4 is 10.1 Å². The van der Waals surface area contributed by atoms with Crippen molar-refractivity contribution in [3.63, 3.8) is 0 Å². The molecule has 29 heavy (non-hydrogen) atoms. The van der Waals surface area contributed by atoms with Crippen molar-refractivity contribution in [2.24, 2.45) is 0 Å². The van der Waals surface area contributed by atoms with Gasteiger partial charge in [0.25, 0.3) is 5.91 Å². The van der Waals surface area contributed by atoms with E-state index < -0.39 is 18.3 Å². The number of ether oxygens (including phenoxy) is 2. The van der Waals surface area contributed by atoms with E-state index in [9.17, 15) is 23.1 Å². The molecule has 1 aliphatic heterocycles. The van der Waals surface area contributed by atoms with Gasteiger partial charge in [-0.3, -0.25) is 4.79 Å². The van der Waals surface area contributed by atoms with E-state index >= 15 is 0 Å². The SMILES string of the molecule is CCOC1CCCC2(C1)NC(=O)C(c1c(C)cc(OCC(F)(F)F)cc1C)=C2O. The van der Waals surface area contributed by atoms with Gasteiger partial charge in [-0.2, -0.15) is 13.2 Å². The first-order chi connectivity index (χ1) is 13.6. The zero-order chi connectivity index (χ0) is 21.4. The number of halogens is 3. The first kappa shape index (κ1) is 21.5. The monoisotopic (exact) mass is 413 g/mol. The molecule has 1 aromatic rings. The Morgan fingerprint density at radius 3 is 2.52 bits per heavy atom. The van der Waals surface area contributed by atoms with Gasteiger partial charge >= 0.3 is 6.18 Å². The van der Waals surface area contributed by atoms with Crippen molar-refractivity contribution in [3.8, 4) is 5.75 Å². The molecule has 2 N–H and O–H groups in total. The fourth-order valence-electron chi connectivity index (χ4n) is 4.42. The van der Waals surface area contributed by atoms with Gasteiger partial charge in [0, 0.05) is 13.0 Å². The Bertz CT molecular complexity index is 809. The number of rotatable bonds is 5. The van der Waals surface area contributed by atoms with Crippen LogP contribution in [-0.2, 0) is 9.53 Å². The maximum atomic E-state index is 12.8. The van der Waals surface area contributed by atoms with Gasteiger partial charge in [-0.15, -0.1) is 0 Å². The molecular formula is C21H26F3NO4. The van der Waals surface area contributed by atoms with Gasteiger partial charge in [-0.05, 0) is 68.9 Å². The quantitative estimate of drug-likeness (QED) is 0.753. The van der Waals surface area contributed by atoms with Crippen molar-refractivity contribution in [1.29, 1.82) is 0 Å². The molecule has 0 radical (unpaired) electrons. The minimum Gasteiger partial charge on any atom is -0.509 e. The predicted molar refractivity (Wildman–Crippen MR) is 102 cm³/mol. The summed E-state index contributed by atoms with van der Waals surface area (Å²) in [6, 6.07) is 2.91. The first-order valence-corrected chi connectivity index (χ1v) is 9.75. The summed E-state index contributed by atoms with van der Waals surface area (Å²) in [7, 11) is 0. The molecule has 1 saturated carbocycles. The smallest absolute Gasteiger partial charge is 0.422 e. The fourth-order valence-corrected chi connectivity index (χ4v) is 4.42. The van der Waals surface area contributed by atoms with Crippen molar-refractivity contribution in [3.05, 3.63) is 34.6 Å². The summed E-state index contributed by atoms with van der Waals surface area (Å²) in [6.07, 6.45) is -1.69. The van der Waals surface area contributed by atoms with E-state index in [-0.39, 0.29) is 29.1 Å². The lowest BCUT2D eigenvalue weighted by Gasteiger charge is -2.37. The van der Waals surface area contributed by atoms with Crippen LogP contribution in [0, 0.1) is 13.8 Å². The summed E-state index contributed by atoms with van der Waals surface area (Å²) >= 11 is 0. The number of aryl methyl sites for hydroxylation is 2. The van der Waals surface area contributed by atoms with Crippen LogP contribution in [0.1, 0.15) is 49.3 Å². The Labute approximate surface area is 167 Å². The summed E-state index contributed by atoms with van der Waals surface area (Å²) in [5, 5.41) is 14.0. The van der Waals surface area contributed by atoms with E-state index in [1.807, 2.05) is 6.92 Å². The number of hydrogen-bond donors (Lipinski definition) is 2. The molecule has 1 fully saturated rings. The normalized spacial score (nSPS) is 24.9. The van der Waals surface area contributed by atoms with Gasteiger partial charge in [-0.25, -0.2) is 0 Å². The van der Waals surface area contributed by atoms with Crippen LogP contribution in [0.2, 0.25) is 0 Å². The van der Waals surface area contributed by atoms with Crippen LogP contribution >= 0.6 is 0 Å². The molecule has 1 spiro atoms. The molecule has 0 saturated heterocycles. The lowest BCUT2D eigenvalue weighted by Crippen LogP contribution is -2.49. The van der Waals surface area contributed by atoms with E-state index in [1.54, 1.807) is 13.8 Å². The number of aliphatic hydroxyl groups excluding tert-OH is 1. The van der Waals surface area contributed by atoms with E-state index in [0.29, 0.717) is 36.1 Å². The Balaban J connectivity index is 1.94. The van der Waals surface area contributed by atoms with Gasteiger partial charge in [0.15, 0.2) is 6.61 Å². The number of amides is 1. The van der Waals surface area contributed by atoms with Gasteiger partial charge < -0.3 is 19.9 Å². The van der Waals surface area contributed by atoms with Crippen molar-refractivity contribution < 1.29 is 32.5 Å². The third kappa shape index (κ3) is 4.37. The average Bonchev–Trinajstić information content (AvgIpc) is 2.83. The second kappa shape index (κ2) is 7.89. The highest BCUT2D eigenvalue weighted by Crippen LogP contribution is 2.43. The third-order valence-electron chi connectivity index (χ3n) is 5.54. The highest BCUT2D eigenvalue weighted by atomic mass is 19.4. The summed E-state index contributed by atoms with van der Waals surface area (Å²) in [6.45, 7) is 4.45. The molecule has 2 aliphatic rings. The fraction of sp³-hybridized carbons (Fsp3) is 0.571. The van der Waals surface area contributed by atoms with Crippen LogP contribution in [-0.4, -0.2) is 42.0 Å². The molecule has 5 nitrogen and oxygen atoms in total. The summed E-state index contributed by atoms with van der Waals surface area (Å²) in [5.74, 6) is -0.319. The van der Waals surface area contributed by atoms with Crippen LogP contribution in [0.25, 0.3) is 5.57 Å². The minimum atomic E-state index is -4.43. The zero-order valence-electron chi connectivity index (χ0n) is 16.8. The largest absolute Gasteiger partial charge is 0.509 e. The van der Waals surface area contributed by atoms with Crippen molar-refractivity contribution in [1.82, 2.24) is 5.32 Å². The Kier molecular flexibility index (Phi) is 5.85. The molecule has 0 bridgehead atoms. The molecule has 160 valence electrons. The highest BCUT2D eigenvalue weighted by molar-refractivity contribution is 6.24. The molecule has 2 atom stereocenters. The van der Waals surface area contributed by atoms with Crippen molar-refractivity contribution >= 4 is 11.5 Å². The number of carbonyl (C=O) groups excluding carboxylic acids is 1. The van der Waals surface area contributed by atoms with Crippen molar-refractivity contribution in [2.45, 2.75) is 64.3 Å². The zero-order valence-corrected chi connectivity index (χ0v) is 16.8. The number of nitrogens with one attached hydrogen (secondary N) is 1. The molecule has 1 amide bonds. The molecule has 8 heteroatoms. The third-order valence-corrected chi connectivity index (χ3v) is 5.54. The van der Waals surface area contributed by atoms with E-state index in [2.05, 4.69) is 5.32 Å². The van der Waals surface area contributed by atoms with E-state index in [4.69, 9.17) is 9.47 Å². The summed E-state index contributed by atoms with van der Waals surface area (Å²) < 4.78 is 47.8. The second-order valence-corrected chi connectivity index (χ2v) is 7.77. The van der Waals surface area contributed by atoms with Gasteiger partial charge in [0.1, 0.15) is 17.0 Å². The Morgan fingerprint density at radius 2 is 1.93 bits per heavy atom. The van der Waals surface area contributed by atoms with Crippen LogP contribution in [0.5, 0.6) is 5.75 Å². The first-order valence-electron chi connectivity index (χ1n) is 9.75. The number of benzene rings is 1. The standard InChI is InChI=1S/C21H26F3NO4/c1-4-28-14-6-5-7-20(10-14)18(26)17(19(27)25-20)16-12(2)8-15(9-13(16)3)29-11-21(22,23)24/h8-9,14,26H,4-7,10-11H2,1-3H3,(H,25,27). The second-order valence-electron chi connectivity index (χ2n) is 7.77. The number of aliphatic hydroxyl groups is 1. The van der Waals surface area contributed by atoms with E-state index in [1.165, 1.54) is 12.1 Å². The molecule has 2 unspecified atom stereocenters. The predicted octanol–water partition coefficient (Wildman–Crippen LogP) is 4.36. The molecular weight excluding hydrogens is 387 g/mol. The Hall–Kier alpha value is -2.22. The minimum absolute atomic E-state index is 0.0120. The molecule has 1 aliphatic carbocycles. The molecule has 1 aromatic carbocycles.